The Kier molecular flexibility index (Phi) is 4.31. The minimum atomic E-state index is -0.537. The number of anilines is 1. The molecular formula is C13H18FN3O2. The first-order chi connectivity index (χ1) is 9.11. The van der Waals surface area contributed by atoms with Crippen molar-refractivity contribution >= 4 is 11.7 Å². The van der Waals surface area contributed by atoms with Gasteiger partial charge in [0.05, 0.1) is 17.9 Å². The van der Waals surface area contributed by atoms with E-state index in [1.54, 1.807) is 0 Å². The number of aliphatic hydroxyl groups excluding tert-OH is 1. The van der Waals surface area contributed by atoms with Crippen molar-refractivity contribution in [1.82, 2.24) is 9.88 Å². The van der Waals surface area contributed by atoms with Gasteiger partial charge in [0, 0.05) is 19.6 Å². The smallest absolute Gasteiger partial charge is 0.257 e. The van der Waals surface area contributed by atoms with Crippen LogP contribution in [0, 0.1) is 5.82 Å². The van der Waals surface area contributed by atoms with Crippen LogP contribution in [0.3, 0.4) is 0 Å². The van der Waals surface area contributed by atoms with Gasteiger partial charge in [0.25, 0.3) is 5.91 Å². The molecule has 1 aromatic rings. The van der Waals surface area contributed by atoms with Crippen molar-refractivity contribution in [2.45, 2.75) is 25.9 Å². The summed E-state index contributed by atoms with van der Waals surface area (Å²) in [6, 6.07) is 1.19. The van der Waals surface area contributed by atoms with Gasteiger partial charge in [0.15, 0.2) is 0 Å². The Balaban J connectivity index is 2.21. The Morgan fingerprint density at radius 3 is 3.11 bits per heavy atom. The lowest BCUT2D eigenvalue weighted by Crippen LogP contribution is -2.30. The number of nitrogens with zero attached hydrogens (tertiary/aromatic N) is 2. The van der Waals surface area contributed by atoms with Crippen molar-refractivity contribution in [3.8, 4) is 0 Å². The van der Waals surface area contributed by atoms with E-state index < -0.39 is 11.9 Å². The molecule has 2 rings (SSSR count). The maximum atomic E-state index is 13.3. The second kappa shape index (κ2) is 5.97. The quantitative estimate of drug-likeness (QED) is 0.861. The molecule has 0 bridgehead atoms. The fraction of sp³-hybridized carbons (Fsp3) is 0.538. The molecule has 1 unspecified atom stereocenters. The van der Waals surface area contributed by atoms with Gasteiger partial charge in [0.2, 0.25) is 0 Å². The van der Waals surface area contributed by atoms with Crippen LogP contribution in [0.15, 0.2) is 12.3 Å². The molecule has 0 aliphatic carbocycles. The molecule has 19 heavy (non-hydrogen) atoms. The number of carbonyl (C=O) groups excluding carboxylic acids is 1. The first-order valence-corrected chi connectivity index (χ1v) is 6.48. The highest BCUT2D eigenvalue weighted by Gasteiger charge is 2.27. The monoisotopic (exact) mass is 267 g/mol. The predicted molar refractivity (Wildman–Crippen MR) is 69.5 cm³/mol. The predicted octanol–water partition coefficient (Wildman–Crippen LogP) is 1.25. The number of hydrogen-bond donors (Lipinski definition) is 2. The number of carbonyl (C=O) groups is 1. The van der Waals surface area contributed by atoms with Crippen molar-refractivity contribution in [3.05, 3.63) is 23.6 Å². The number of likely N-dealkylation sites (tertiary alicyclic amines) is 1. The minimum Gasteiger partial charge on any atom is -0.391 e. The summed E-state index contributed by atoms with van der Waals surface area (Å²) in [6.07, 6.45) is 2.05. The second-order valence-electron chi connectivity index (χ2n) is 4.67. The van der Waals surface area contributed by atoms with Gasteiger partial charge >= 0.3 is 0 Å². The summed E-state index contributed by atoms with van der Waals surface area (Å²) in [6.45, 7) is 3.45. The van der Waals surface area contributed by atoms with Crippen molar-refractivity contribution in [1.29, 1.82) is 0 Å². The van der Waals surface area contributed by atoms with Crippen LogP contribution in [-0.4, -0.2) is 46.6 Å². The number of aromatic nitrogens is 1. The normalized spacial score (nSPS) is 18.7. The van der Waals surface area contributed by atoms with E-state index in [4.69, 9.17) is 0 Å². The molecule has 6 heteroatoms. The van der Waals surface area contributed by atoms with E-state index in [1.165, 1.54) is 11.0 Å². The average molecular weight is 267 g/mol. The molecule has 2 N–H and O–H groups in total. The van der Waals surface area contributed by atoms with Crippen molar-refractivity contribution in [2.75, 3.05) is 25.0 Å². The standard InChI is InChI=1S/C13H18FN3O2/c1-2-4-15-12-11(6-9(14)7-16-12)13(19)17-5-3-10(18)8-17/h6-7,10,18H,2-5,8H2,1H3,(H,15,16). The SMILES string of the molecule is CCCNc1ncc(F)cc1C(=O)N1CCC(O)C1. The van der Waals surface area contributed by atoms with E-state index in [2.05, 4.69) is 10.3 Å². The van der Waals surface area contributed by atoms with Gasteiger partial charge in [-0.25, -0.2) is 9.37 Å². The first kappa shape index (κ1) is 13.7. The molecule has 104 valence electrons. The van der Waals surface area contributed by atoms with Crippen molar-refractivity contribution in [2.24, 2.45) is 0 Å². The summed E-state index contributed by atoms with van der Waals surface area (Å²) >= 11 is 0. The van der Waals surface area contributed by atoms with Crippen LogP contribution in [0.25, 0.3) is 0 Å². The van der Waals surface area contributed by atoms with E-state index in [0.717, 1.165) is 12.6 Å². The van der Waals surface area contributed by atoms with Crippen molar-refractivity contribution in [3.63, 3.8) is 0 Å². The Bertz CT molecular complexity index is 467. The zero-order valence-corrected chi connectivity index (χ0v) is 10.9. The lowest BCUT2D eigenvalue weighted by atomic mass is 10.2. The molecule has 1 amide bonds. The fourth-order valence-electron chi connectivity index (χ4n) is 2.08. The van der Waals surface area contributed by atoms with Gasteiger partial charge in [-0.3, -0.25) is 4.79 Å². The zero-order valence-electron chi connectivity index (χ0n) is 10.9. The summed E-state index contributed by atoms with van der Waals surface area (Å²) in [5.74, 6) is -0.429. The molecule has 1 aromatic heterocycles. The Hall–Kier alpha value is -1.69. The van der Waals surface area contributed by atoms with Crippen LogP contribution in [0.4, 0.5) is 10.2 Å². The molecule has 2 heterocycles. The second-order valence-corrected chi connectivity index (χ2v) is 4.67. The molecule has 0 radical (unpaired) electrons. The third kappa shape index (κ3) is 3.20. The highest BCUT2D eigenvalue weighted by atomic mass is 19.1. The van der Waals surface area contributed by atoms with E-state index in [-0.39, 0.29) is 11.5 Å². The maximum absolute atomic E-state index is 13.3. The summed E-state index contributed by atoms with van der Waals surface area (Å²) in [7, 11) is 0. The minimum absolute atomic E-state index is 0.225. The zero-order chi connectivity index (χ0) is 13.8. The van der Waals surface area contributed by atoms with Gasteiger partial charge in [-0.05, 0) is 18.9 Å². The number of β-amino-alcohol motifs (C(OH)–C–C–N with tert-alkyl or cyclic N) is 1. The average Bonchev–Trinajstić information content (AvgIpc) is 2.83. The summed E-state index contributed by atoms with van der Waals surface area (Å²) in [5.41, 5.74) is 0.225. The molecule has 1 aliphatic rings. The van der Waals surface area contributed by atoms with Crippen molar-refractivity contribution < 1.29 is 14.3 Å². The van der Waals surface area contributed by atoms with Crippen LogP contribution >= 0.6 is 0 Å². The third-order valence-electron chi connectivity index (χ3n) is 3.08. The number of hydrogen-bond acceptors (Lipinski definition) is 4. The van der Waals surface area contributed by atoms with Gasteiger partial charge in [-0.2, -0.15) is 0 Å². The molecule has 0 saturated carbocycles. The molecule has 0 aromatic carbocycles. The molecular weight excluding hydrogens is 249 g/mol. The van der Waals surface area contributed by atoms with Gasteiger partial charge in [0.1, 0.15) is 11.6 Å². The van der Waals surface area contributed by atoms with Crippen LogP contribution in [0.5, 0.6) is 0 Å². The van der Waals surface area contributed by atoms with Gasteiger partial charge in [-0.15, -0.1) is 0 Å². The third-order valence-corrected chi connectivity index (χ3v) is 3.08. The molecule has 0 spiro atoms. The van der Waals surface area contributed by atoms with Crippen LogP contribution in [-0.2, 0) is 0 Å². The van der Waals surface area contributed by atoms with Gasteiger partial charge < -0.3 is 15.3 Å². The topological polar surface area (TPSA) is 65.5 Å². The lowest BCUT2D eigenvalue weighted by Gasteiger charge is -2.17. The number of amides is 1. The summed E-state index contributed by atoms with van der Waals surface area (Å²) < 4.78 is 13.3. The lowest BCUT2D eigenvalue weighted by molar-refractivity contribution is 0.0765. The highest BCUT2D eigenvalue weighted by molar-refractivity contribution is 5.98. The number of rotatable bonds is 4. The molecule has 1 fully saturated rings. The van der Waals surface area contributed by atoms with E-state index in [9.17, 15) is 14.3 Å². The van der Waals surface area contributed by atoms with Gasteiger partial charge in [-0.1, -0.05) is 6.92 Å². The molecule has 1 saturated heterocycles. The van der Waals surface area contributed by atoms with E-state index in [1.807, 2.05) is 6.92 Å². The Morgan fingerprint density at radius 1 is 1.68 bits per heavy atom. The van der Waals surface area contributed by atoms with E-state index >= 15 is 0 Å². The molecule has 1 aliphatic heterocycles. The number of pyridine rings is 1. The van der Waals surface area contributed by atoms with Crippen LogP contribution in [0.2, 0.25) is 0 Å². The summed E-state index contributed by atoms with van der Waals surface area (Å²) in [5, 5.41) is 12.5. The molecule has 5 nitrogen and oxygen atoms in total. The first-order valence-electron chi connectivity index (χ1n) is 6.48. The maximum Gasteiger partial charge on any atom is 0.257 e. The van der Waals surface area contributed by atoms with E-state index in [0.29, 0.717) is 31.9 Å². The largest absolute Gasteiger partial charge is 0.391 e. The molecule has 1 atom stereocenters. The number of nitrogens with one attached hydrogen (secondary N) is 1. The van der Waals surface area contributed by atoms with Crippen LogP contribution < -0.4 is 5.32 Å². The Morgan fingerprint density at radius 2 is 2.47 bits per heavy atom. The highest BCUT2D eigenvalue weighted by Crippen LogP contribution is 2.19. The Labute approximate surface area is 111 Å². The summed E-state index contributed by atoms with van der Waals surface area (Å²) in [4.78, 5) is 17.8. The number of halogens is 1. The van der Waals surface area contributed by atoms with Crippen LogP contribution in [0.1, 0.15) is 30.1 Å². The fourth-order valence-corrected chi connectivity index (χ4v) is 2.08. The number of aliphatic hydroxyl groups is 1.